The van der Waals surface area contributed by atoms with Gasteiger partial charge < -0.3 is 10.1 Å². The normalized spacial score (nSPS) is 17.3. The Kier molecular flexibility index (Phi) is 5.65. The van der Waals surface area contributed by atoms with E-state index in [2.05, 4.69) is 20.1 Å². The molecule has 0 aromatic carbocycles. The molecule has 0 aliphatic carbocycles. The third-order valence-corrected chi connectivity index (χ3v) is 4.67. The lowest BCUT2D eigenvalue weighted by molar-refractivity contribution is -0.697. The van der Waals surface area contributed by atoms with Crippen molar-refractivity contribution >= 4 is 22.4 Å². The van der Waals surface area contributed by atoms with Crippen molar-refractivity contribution in [2.24, 2.45) is 0 Å². The number of hydrogen-bond donors (Lipinski definition) is 1. The van der Waals surface area contributed by atoms with E-state index in [1.54, 1.807) is 0 Å². The summed E-state index contributed by atoms with van der Waals surface area (Å²) in [6.45, 7) is 1.71. The lowest BCUT2D eigenvalue weighted by Crippen LogP contribution is -2.32. The maximum Gasteiger partial charge on any atom is 0.226 e. The van der Waals surface area contributed by atoms with Gasteiger partial charge in [-0.1, -0.05) is 17.4 Å². The van der Waals surface area contributed by atoms with Crippen molar-refractivity contribution in [1.82, 2.24) is 10.2 Å². The Morgan fingerprint density at radius 2 is 2.17 bits per heavy atom. The predicted octanol–water partition coefficient (Wildman–Crippen LogP) is 2.49. The largest absolute Gasteiger partial charge is 0.371 e. The van der Waals surface area contributed by atoms with Gasteiger partial charge in [0.15, 0.2) is 12.4 Å². The standard InChI is InChI=1S/C16H20N4O2S/c21-14(8-2-5-11-20-9-3-1-4-10-20)17-16-19-18-15(23-16)13-7-6-12-22-13/h1,3-4,9-10,13H,2,5-8,11-12H2/p+1. The molecule has 1 aliphatic heterocycles. The topological polar surface area (TPSA) is 68.0 Å². The van der Waals surface area contributed by atoms with Crippen LogP contribution >= 0.6 is 11.3 Å². The second kappa shape index (κ2) is 8.12. The summed E-state index contributed by atoms with van der Waals surface area (Å²) < 4.78 is 7.69. The average molecular weight is 333 g/mol. The highest BCUT2D eigenvalue weighted by Gasteiger charge is 2.22. The maximum absolute atomic E-state index is 11.9. The Hall–Kier alpha value is -1.86. The molecule has 3 rings (SSSR count). The molecule has 2 aromatic heterocycles. The zero-order valence-electron chi connectivity index (χ0n) is 13.0. The van der Waals surface area contributed by atoms with Gasteiger partial charge in [-0.05, 0) is 19.3 Å². The van der Waals surface area contributed by atoms with Crippen molar-refractivity contribution in [1.29, 1.82) is 0 Å². The van der Waals surface area contributed by atoms with Crippen LogP contribution in [0.2, 0.25) is 0 Å². The Morgan fingerprint density at radius 1 is 1.30 bits per heavy atom. The lowest BCUT2D eigenvalue weighted by Gasteiger charge is -2.02. The van der Waals surface area contributed by atoms with E-state index in [1.165, 1.54) is 11.3 Å². The molecule has 0 spiro atoms. The number of nitrogens with one attached hydrogen (secondary N) is 1. The molecule has 122 valence electrons. The number of unbranched alkanes of at least 4 members (excludes halogenated alkanes) is 1. The molecule has 1 amide bonds. The Bertz CT molecular complexity index is 626. The van der Waals surface area contributed by atoms with E-state index in [-0.39, 0.29) is 12.0 Å². The van der Waals surface area contributed by atoms with Gasteiger partial charge in [0.1, 0.15) is 17.7 Å². The van der Waals surface area contributed by atoms with Crippen LogP contribution in [0.3, 0.4) is 0 Å². The quantitative estimate of drug-likeness (QED) is 0.624. The number of anilines is 1. The number of ether oxygens (including phenoxy) is 1. The molecule has 1 fully saturated rings. The molecule has 7 heteroatoms. The third kappa shape index (κ3) is 4.80. The number of carbonyl (C=O) groups excluding carboxylic acids is 1. The summed E-state index contributed by atoms with van der Waals surface area (Å²) in [5, 5.41) is 12.4. The van der Waals surface area contributed by atoms with Crippen LogP contribution in [0.1, 0.15) is 43.2 Å². The fourth-order valence-corrected chi connectivity index (χ4v) is 3.38. The van der Waals surface area contributed by atoms with Crippen LogP contribution in [0.25, 0.3) is 0 Å². The second-order valence-corrected chi connectivity index (χ2v) is 6.57. The van der Waals surface area contributed by atoms with Crippen molar-refractivity contribution in [2.75, 3.05) is 11.9 Å². The smallest absolute Gasteiger partial charge is 0.226 e. The van der Waals surface area contributed by atoms with Gasteiger partial charge in [0, 0.05) is 31.6 Å². The van der Waals surface area contributed by atoms with E-state index < -0.39 is 0 Å². The molecule has 3 heterocycles. The fourth-order valence-electron chi connectivity index (χ4n) is 2.53. The summed E-state index contributed by atoms with van der Waals surface area (Å²) in [6, 6.07) is 6.01. The molecule has 0 saturated carbocycles. The zero-order chi connectivity index (χ0) is 15.9. The van der Waals surface area contributed by atoms with Crippen molar-refractivity contribution in [2.45, 2.75) is 44.8 Å². The van der Waals surface area contributed by atoms with Gasteiger partial charge >= 0.3 is 0 Å². The molecule has 0 radical (unpaired) electrons. The van der Waals surface area contributed by atoms with Crippen LogP contribution < -0.4 is 9.88 Å². The highest BCUT2D eigenvalue weighted by molar-refractivity contribution is 7.15. The van der Waals surface area contributed by atoms with Gasteiger partial charge in [0.2, 0.25) is 11.0 Å². The Morgan fingerprint density at radius 3 is 2.96 bits per heavy atom. The van der Waals surface area contributed by atoms with E-state index in [0.29, 0.717) is 11.6 Å². The number of aromatic nitrogens is 3. The number of amides is 1. The van der Waals surface area contributed by atoms with Crippen LogP contribution in [0, 0.1) is 0 Å². The number of aryl methyl sites for hydroxylation is 1. The van der Waals surface area contributed by atoms with E-state index in [1.807, 2.05) is 30.6 Å². The number of rotatable bonds is 7. The molecule has 1 atom stereocenters. The van der Waals surface area contributed by atoms with Crippen LogP contribution in [-0.4, -0.2) is 22.7 Å². The SMILES string of the molecule is O=C(CCCC[n+]1ccccc1)Nc1nnc(C2CCCO2)s1. The maximum atomic E-state index is 11.9. The summed E-state index contributed by atoms with van der Waals surface area (Å²) in [7, 11) is 0. The molecular weight excluding hydrogens is 312 g/mol. The molecule has 1 saturated heterocycles. The van der Waals surface area contributed by atoms with Gasteiger partial charge in [-0.3, -0.25) is 4.79 Å². The van der Waals surface area contributed by atoms with Gasteiger partial charge in [0.05, 0.1) is 0 Å². The van der Waals surface area contributed by atoms with Gasteiger partial charge in [-0.2, -0.15) is 0 Å². The van der Waals surface area contributed by atoms with E-state index >= 15 is 0 Å². The summed E-state index contributed by atoms with van der Waals surface area (Å²) in [4.78, 5) is 11.9. The lowest BCUT2D eigenvalue weighted by atomic mass is 10.2. The second-order valence-electron chi connectivity index (χ2n) is 5.57. The minimum atomic E-state index is -0.00176. The third-order valence-electron chi connectivity index (χ3n) is 3.74. The zero-order valence-corrected chi connectivity index (χ0v) is 13.8. The first-order valence-corrected chi connectivity index (χ1v) is 8.82. The summed E-state index contributed by atoms with van der Waals surface area (Å²) in [6.07, 6.45) is 8.50. The van der Waals surface area contributed by atoms with Crippen LogP contribution in [-0.2, 0) is 16.1 Å². The van der Waals surface area contributed by atoms with Crippen molar-refractivity contribution in [3.63, 3.8) is 0 Å². The minimum Gasteiger partial charge on any atom is -0.371 e. The van der Waals surface area contributed by atoms with E-state index in [9.17, 15) is 4.79 Å². The Balaban J connectivity index is 1.37. The number of nitrogens with zero attached hydrogens (tertiary/aromatic N) is 3. The summed E-state index contributed by atoms with van der Waals surface area (Å²) >= 11 is 1.41. The van der Waals surface area contributed by atoms with Crippen molar-refractivity contribution in [3.05, 3.63) is 35.6 Å². The molecule has 6 nitrogen and oxygen atoms in total. The van der Waals surface area contributed by atoms with Gasteiger partial charge in [-0.25, -0.2) is 4.57 Å². The summed E-state index contributed by atoms with van der Waals surface area (Å²) in [5.41, 5.74) is 0. The number of pyridine rings is 1. The van der Waals surface area contributed by atoms with Crippen molar-refractivity contribution < 1.29 is 14.1 Å². The molecule has 1 aliphatic rings. The van der Waals surface area contributed by atoms with Crippen LogP contribution in [0.15, 0.2) is 30.6 Å². The first-order valence-electron chi connectivity index (χ1n) is 8.00. The predicted molar refractivity (Wildman–Crippen MR) is 87.0 cm³/mol. The average Bonchev–Trinajstić information content (AvgIpc) is 3.24. The number of hydrogen-bond acceptors (Lipinski definition) is 5. The monoisotopic (exact) mass is 333 g/mol. The molecule has 1 unspecified atom stereocenters. The fraction of sp³-hybridized carbons (Fsp3) is 0.500. The van der Waals surface area contributed by atoms with Crippen molar-refractivity contribution in [3.8, 4) is 0 Å². The minimum absolute atomic E-state index is 0.00176. The van der Waals surface area contributed by atoms with Gasteiger partial charge in [0.25, 0.3) is 0 Å². The summed E-state index contributed by atoms with van der Waals surface area (Å²) in [5.74, 6) is -0.00176. The molecular formula is C16H21N4O2S+. The highest BCUT2D eigenvalue weighted by Crippen LogP contribution is 2.31. The first-order chi connectivity index (χ1) is 11.3. The van der Waals surface area contributed by atoms with Gasteiger partial charge in [-0.15, -0.1) is 10.2 Å². The Labute approximate surface area is 139 Å². The molecule has 23 heavy (non-hydrogen) atoms. The van der Waals surface area contributed by atoms with Crippen LogP contribution in [0.5, 0.6) is 0 Å². The molecule has 0 bridgehead atoms. The highest BCUT2D eigenvalue weighted by atomic mass is 32.1. The molecule has 2 aromatic rings. The van der Waals surface area contributed by atoms with E-state index in [4.69, 9.17) is 4.74 Å². The molecule has 1 N–H and O–H groups in total. The first kappa shape index (κ1) is 16.0. The van der Waals surface area contributed by atoms with Crippen LogP contribution in [0.4, 0.5) is 5.13 Å². The number of carbonyl (C=O) groups is 1. The van der Waals surface area contributed by atoms with E-state index in [0.717, 1.165) is 43.8 Å².